The molecule has 3 aromatic rings. The van der Waals surface area contributed by atoms with Gasteiger partial charge in [0.1, 0.15) is 11.5 Å². The van der Waals surface area contributed by atoms with Gasteiger partial charge in [-0.05, 0) is 43.7 Å². The van der Waals surface area contributed by atoms with Crippen LogP contribution in [0.5, 0.6) is 11.5 Å². The summed E-state index contributed by atoms with van der Waals surface area (Å²) < 4.78 is 21.3. The highest BCUT2D eigenvalue weighted by Crippen LogP contribution is 2.28. The average molecular weight is 369 g/mol. The van der Waals surface area contributed by atoms with Gasteiger partial charge in [0.25, 0.3) is 11.8 Å². The van der Waals surface area contributed by atoms with Crippen LogP contribution in [0, 0.1) is 13.8 Å². The molecule has 0 saturated heterocycles. The standard InChI is InChI=1S/C19H19N3O5/c1-11-9-14(12(2)26-11)18-21-22-19(27-18)20-17(23)8-6-13-5-7-15(24-3)16(10-13)25-4/h5-10H,1-4H3,(H,20,22,23)/b8-6+. The predicted octanol–water partition coefficient (Wildman–Crippen LogP) is 3.62. The number of amides is 1. The first-order chi connectivity index (χ1) is 13.0. The molecule has 8 heteroatoms. The van der Waals surface area contributed by atoms with Crippen LogP contribution in [0.15, 0.2) is 39.2 Å². The molecule has 0 aliphatic heterocycles. The summed E-state index contributed by atoms with van der Waals surface area (Å²) in [4.78, 5) is 12.1. The van der Waals surface area contributed by atoms with E-state index in [0.717, 1.165) is 11.3 Å². The fourth-order valence-electron chi connectivity index (χ4n) is 2.50. The van der Waals surface area contributed by atoms with Gasteiger partial charge in [0.05, 0.1) is 19.8 Å². The Morgan fingerprint density at radius 3 is 2.52 bits per heavy atom. The van der Waals surface area contributed by atoms with Crippen LogP contribution >= 0.6 is 0 Å². The zero-order valence-corrected chi connectivity index (χ0v) is 15.4. The van der Waals surface area contributed by atoms with E-state index in [1.165, 1.54) is 6.08 Å². The van der Waals surface area contributed by atoms with Gasteiger partial charge < -0.3 is 18.3 Å². The number of rotatable bonds is 6. The van der Waals surface area contributed by atoms with E-state index in [4.69, 9.17) is 18.3 Å². The number of furan rings is 1. The number of aromatic nitrogens is 2. The van der Waals surface area contributed by atoms with Crippen molar-refractivity contribution in [3.05, 3.63) is 47.4 Å². The van der Waals surface area contributed by atoms with Gasteiger partial charge in [0, 0.05) is 6.08 Å². The number of carbonyl (C=O) groups is 1. The summed E-state index contributed by atoms with van der Waals surface area (Å²) in [6, 6.07) is 7.13. The summed E-state index contributed by atoms with van der Waals surface area (Å²) in [6.07, 6.45) is 3.00. The first-order valence-electron chi connectivity index (χ1n) is 8.12. The molecule has 0 bridgehead atoms. The number of nitrogens with one attached hydrogen (secondary N) is 1. The second-order valence-corrected chi connectivity index (χ2v) is 5.68. The van der Waals surface area contributed by atoms with Crippen molar-refractivity contribution in [3.63, 3.8) is 0 Å². The van der Waals surface area contributed by atoms with Crippen LogP contribution in [0.2, 0.25) is 0 Å². The maximum absolute atomic E-state index is 12.1. The number of anilines is 1. The van der Waals surface area contributed by atoms with E-state index in [9.17, 15) is 4.79 Å². The fourth-order valence-corrected chi connectivity index (χ4v) is 2.50. The van der Waals surface area contributed by atoms with Crippen molar-refractivity contribution < 1.29 is 23.1 Å². The molecule has 1 aromatic carbocycles. The second kappa shape index (κ2) is 7.77. The van der Waals surface area contributed by atoms with Crippen molar-refractivity contribution in [3.8, 4) is 23.0 Å². The lowest BCUT2D eigenvalue weighted by Gasteiger charge is -2.07. The van der Waals surface area contributed by atoms with Crippen molar-refractivity contribution in [1.29, 1.82) is 0 Å². The Morgan fingerprint density at radius 2 is 1.85 bits per heavy atom. The van der Waals surface area contributed by atoms with Crippen LogP contribution in [-0.2, 0) is 4.79 Å². The molecule has 0 atom stereocenters. The molecule has 1 amide bonds. The third-order valence-electron chi connectivity index (χ3n) is 3.76. The van der Waals surface area contributed by atoms with Crippen LogP contribution in [0.3, 0.4) is 0 Å². The van der Waals surface area contributed by atoms with Crippen molar-refractivity contribution in [1.82, 2.24) is 10.2 Å². The van der Waals surface area contributed by atoms with Gasteiger partial charge in [-0.3, -0.25) is 10.1 Å². The largest absolute Gasteiger partial charge is 0.493 e. The maximum Gasteiger partial charge on any atom is 0.322 e. The highest BCUT2D eigenvalue weighted by atomic mass is 16.5. The summed E-state index contributed by atoms with van der Waals surface area (Å²) in [6.45, 7) is 3.63. The molecule has 0 aliphatic carbocycles. The molecule has 0 aliphatic rings. The fraction of sp³-hybridized carbons (Fsp3) is 0.211. The van der Waals surface area contributed by atoms with E-state index < -0.39 is 5.91 Å². The average Bonchev–Trinajstić information content (AvgIpc) is 3.25. The van der Waals surface area contributed by atoms with Crippen molar-refractivity contribution in [2.75, 3.05) is 19.5 Å². The minimum Gasteiger partial charge on any atom is -0.493 e. The Morgan fingerprint density at radius 1 is 1.07 bits per heavy atom. The Hall–Kier alpha value is -3.55. The Labute approximate surface area is 155 Å². The zero-order chi connectivity index (χ0) is 19.4. The molecule has 27 heavy (non-hydrogen) atoms. The van der Waals surface area contributed by atoms with Crippen LogP contribution in [-0.4, -0.2) is 30.3 Å². The Kier molecular flexibility index (Phi) is 5.25. The second-order valence-electron chi connectivity index (χ2n) is 5.68. The number of hydrogen-bond acceptors (Lipinski definition) is 7. The summed E-state index contributed by atoms with van der Waals surface area (Å²) >= 11 is 0. The normalized spacial score (nSPS) is 11.0. The third kappa shape index (κ3) is 4.17. The highest BCUT2D eigenvalue weighted by Gasteiger charge is 2.15. The molecule has 0 radical (unpaired) electrons. The van der Waals surface area contributed by atoms with Crippen LogP contribution in [0.25, 0.3) is 17.5 Å². The molecule has 3 rings (SSSR count). The van der Waals surface area contributed by atoms with Gasteiger partial charge in [-0.2, -0.15) is 0 Å². The van der Waals surface area contributed by atoms with Gasteiger partial charge in [0.15, 0.2) is 11.5 Å². The molecule has 0 unspecified atom stereocenters. The molecular formula is C19H19N3O5. The van der Waals surface area contributed by atoms with E-state index in [-0.39, 0.29) is 11.9 Å². The smallest absolute Gasteiger partial charge is 0.322 e. The Bertz CT molecular complexity index is 987. The van der Waals surface area contributed by atoms with E-state index >= 15 is 0 Å². The highest BCUT2D eigenvalue weighted by molar-refractivity contribution is 6.00. The van der Waals surface area contributed by atoms with Crippen molar-refractivity contribution in [2.45, 2.75) is 13.8 Å². The molecular weight excluding hydrogens is 350 g/mol. The van der Waals surface area contributed by atoms with Gasteiger partial charge >= 0.3 is 6.01 Å². The SMILES string of the molecule is COc1ccc(/C=C/C(=O)Nc2nnc(-c3cc(C)oc3C)o2)cc1OC. The van der Waals surface area contributed by atoms with Crippen molar-refractivity contribution >= 4 is 18.0 Å². The first-order valence-corrected chi connectivity index (χ1v) is 8.12. The molecule has 2 heterocycles. The molecule has 8 nitrogen and oxygen atoms in total. The lowest BCUT2D eigenvalue weighted by molar-refractivity contribution is -0.112. The molecule has 0 fully saturated rings. The molecule has 0 saturated carbocycles. The van der Waals surface area contributed by atoms with Gasteiger partial charge in [-0.1, -0.05) is 11.2 Å². The summed E-state index contributed by atoms with van der Waals surface area (Å²) in [5.41, 5.74) is 1.47. The summed E-state index contributed by atoms with van der Waals surface area (Å²) in [5.74, 6) is 2.48. The number of hydrogen-bond donors (Lipinski definition) is 1. The number of ether oxygens (including phenoxy) is 2. The van der Waals surface area contributed by atoms with E-state index in [0.29, 0.717) is 22.8 Å². The molecule has 140 valence electrons. The quantitative estimate of drug-likeness (QED) is 0.662. The van der Waals surface area contributed by atoms with Gasteiger partial charge in [-0.25, -0.2) is 0 Å². The minimum atomic E-state index is -0.403. The molecule has 0 spiro atoms. The monoisotopic (exact) mass is 369 g/mol. The topological polar surface area (TPSA) is 99.6 Å². The van der Waals surface area contributed by atoms with E-state index in [1.807, 2.05) is 6.92 Å². The summed E-state index contributed by atoms with van der Waals surface area (Å²) in [7, 11) is 3.11. The van der Waals surface area contributed by atoms with Crippen LogP contribution in [0.1, 0.15) is 17.1 Å². The van der Waals surface area contributed by atoms with E-state index in [2.05, 4.69) is 15.5 Å². The third-order valence-corrected chi connectivity index (χ3v) is 3.76. The van der Waals surface area contributed by atoms with Gasteiger partial charge in [-0.15, -0.1) is 5.10 Å². The predicted molar refractivity (Wildman–Crippen MR) is 98.7 cm³/mol. The molecule has 1 N–H and O–H groups in total. The Balaban J connectivity index is 1.68. The van der Waals surface area contributed by atoms with Crippen LogP contribution in [0.4, 0.5) is 6.01 Å². The van der Waals surface area contributed by atoms with Crippen LogP contribution < -0.4 is 14.8 Å². The minimum absolute atomic E-state index is 0.00483. The van der Waals surface area contributed by atoms with Crippen molar-refractivity contribution in [2.24, 2.45) is 0 Å². The van der Waals surface area contributed by atoms with E-state index in [1.54, 1.807) is 51.5 Å². The number of nitrogens with zero attached hydrogens (tertiary/aromatic N) is 2. The number of methoxy groups -OCH3 is 2. The maximum atomic E-state index is 12.1. The van der Waals surface area contributed by atoms with Gasteiger partial charge in [0.2, 0.25) is 0 Å². The lowest BCUT2D eigenvalue weighted by Crippen LogP contribution is -2.07. The number of aryl methyl sites for hydroxylation is 2. The number of benzene rings is 1. The zero-order valence-electron chi connectivity index (χ0n) is 15.4. The summed E-state index contributed by atoms with van der Waals surface area (Å²) in [5, 5.41) is 10.3. The lowest BCUT2D eigenvalue weighted by atomic mass is 10.2. The number of carbonyl (C=O) groups excluding carboxylic acids is 1. The first kappa shape index (κ1) is 18.2. The molecule has 2 aromatic heterocycles.